The molecule has 2 aromatic rings. The summed E-state index contributed by atoms with van der Waals surface area (Å²) in [7, 11) is 1.84. The Labute approximate surface area is 87.5 Å². The molecule has 5 heteroatoms. The SMILES string of the molecule is Cn1cc(OCc2ccc(N)nc2)cn1. The first-order valence-electron chi connectivity index (χ1n) is 4.56. The van der Waals surface area contributed by atoms with Crippen molar-refractivity contribution >= 4 is 5.82 Å². The molecular weight excluding hydrogens is 192 g/mol. The van der Waals surface area contributed by atoms with Crippen molar-refractivity contribution in [2.75, 3.05) is 5.73 Å². The Morgan fingerprint density at radius 2 is 2.27 bits per heavy atom. The van der Waals surface area contributed by atoms with E-state index in [-0.39, 0.29) is 0 Å². The molecule has 0 saturated carbocycles. The van der Waals surface area contributed by atoms with E-state index in [9.17, 15) is 0 Å². The number of hydrogen-bond acceptors (Lipinski definition) is 4. The van der Waals surface area contributed by atoms with Gasteiger partial charge in [-0.3, -0.25) is 4.68 Å². The molecule has 2 rings (SSSR count). The lowest BCUT2D eigenvalue weighted by molar-refractivity contribution is 0.305. The molecule has 0 spiro atoms. The molecule has 2 aromatic heterocycles. The molecular formula is C10H12N4O. The summed E-state index contributed by atoms with van der Waals surface area (Å²) in [6.45, 7) is 0.471. The van der Waals surface area contributed by atoms with Gasteiger partial charge in [-0.1, -0.05) is 6.07 Å². The first-order chi connectivity index (χ1) is 7.24. The fourth-order valence-corrected chi connectivity index (χ4v) is 1.16. The highest BCUT2D eigenvalue weighted by molar-refractivity contribution is 5.29. The summed E-state index contributed by atoms with van der Waals surface area (Å²) < 4.78 is 7.18. The van der Waals surface area contributed by atoms with E-state index >= 15 is 0 Å². The lowest BCUT2D eigenvalue weighted by atomic mass is 10.3. The number of nitrogens with zero attached hydrogens (tertiary/aromatic N) is 3. The highest BCUT2D eigenvalue weighted by atomic mass is 16.5. The van der Waals surface area contributed by atoms with E-state index in [1.54, 1.807) is 23.1 Å². The maximum absolute atomic E-state index is 5.49. The minimum Gasteiger partial charge on any atom is -0.486 e. The second kappa shape index (κ2) is 4.00. The average Bonchev–Trinajstić information content (AvgIpc) is 2.64. The predicted molar refractivity (Wildman–Crippen MR) is 56.2 cm³/mol. The standard InChI is InChI=1S/C10H12N4O/c1-14-6-9(5-13-14)15-7-8-2-3-10(11)12-4-8/h2-6H,7H2,1H3,(H2,11,12). The number of pyridine rings is 1. The van der Waals surface area contributed by atoms with Gasteiger partial charge in [-0.2, -0.15) is 5.10 Å². The van der Waals surface area contributed by atoms with Crippen molar-refractivity contribution in [2.24, 2.45) is 7.05 Å². The Bertz CT molecular complexity index is 435. The van der Waals surface area contributed by atoms with Gasteiger partial charge in [0.25, 0.3) is 0 Å². The van der Waals surface area contributed by atoms with Crippen LogP contribution in [0.25, 0.3) is 0 Å². The first-order valence-corrected chi connectivity index (χ1v) is 4.56. The number of aryl methyl sites for hydroxylation is 1. The van der Waals surface area contributed by atoms with Crippen molar-refractivity contribution in [3.05, 3.63) is 36.3 Å². The first kappa shape index (κ1) is 9.51. The van der Waals surface area contributed by atoms with Gasteiger partial charge in [0.05, 0.1) is 12.4 Å². The number of nitrogens with two attached hydrogens (primary N) is 1. The summed E-state index contributed by atoms with van der Waals surface area (Å²) in [5.74, 6) is 1.26. The van der Waals surface area contributed by atoms with E-state index in [4.69, 9.17) is 10.5 Å². The van der Waals surface area contributed by atoms with Crippen molar-refractivity contribution in [3.8, 4) is 5.75 Å². The van der Waals surface area contributed by atoms with E-state index in [1.807, 2.05) is 19.3 Å². The number of nitrogen functional groups attached to an aromatic ring is 1. The van der Waals surface area contributed by atoms with Gasteiger partial charge in [0.15, 0.2) is 5.75 Å². The van der Waals surface area contributed by atoms with Crippen LogP contribution in [0.1, 0.15) is 5.56 Å². The topological polar surface area (TPSA) is 66.0 Å². The lowest BCUT2D eigenvalue weighted by Crippen LogP contribution is -1.97. The summed E-state index contributed by atoms with van der Waals surface area (Å²) in [6.07, 6.45) is 5.18. The van der Waals surface area contributed by atoms with Crippen molar-refractivity contribution in [2.45, 2.75) is 6.61 Å². The normalized spacial score (nSPS) is 10.2. The fourth-order valence-electron chi connectivity index (χ4n) is 1.16. The average molecular weight is 204 g/mol. The number of ether oxygens (including phenoxy) is 1. The van der Waals surface area contributed by atoms with Crippen LogP contribution < -0.4 is 10.5 Å². The summed E-state index contributed by atoms with van der Waals surface area (Å²) in [4.78, 5) is 3.97. The Morgan fingerprint density at radius 1 is 1.40 bits per heavy atom. The molecule has 0 amide bonds. The molecule has 5 nitrogen and oxygen atoms in total. The van der Waals surface area contributed by atoms with Gasteiger partial charge in [-0.05, 0) is 6.07 Å². The molecule has 0 aliphatic carbocycles. The maximum Gasteiger partial charge on any atom is 0.157 e. The van der Waals surface area contributed by atoms with Crippen molar-refractivity contribution in [1.29, 1.82) is 0 Å². The molecule has 0 bridgehead atoms. The molecule has 15 heavy (non-hydrogen) atoms. The number of aromatic nitrogens is 3. The third-order valence-electron chi connectivity index (χ3n) is 1.93. The molecule has 0 saturated heterocycles. The van der Waals surface area contributed by atoms with Crippen LogP contribution in [0.4, 0.5) is 5.82 Å². The minimum atomic E-state index is 0.471. The molecule has 0 aliphatic rings. The van der Waals surface area contributed by atoms with Gasteiger partial charge < -0.3 is 10.5 Å². The Kier molecular flexibility index (Phi) is 2.53. The number of anilines is 1. The van der Waals surface area contributed by atoms with Crippen LogP contribution in [0.2, 0.25) is 0 Å². The molecule has 0 aliphatic heterocycles. The Balaban J connectivity index is 1.96. The van der Waals surface area contributed by atoms with Gasteiger partial charge in [0.1, 0.15) is 12.4 Å². The van der Waals surface area contributed by atoms with E-state index in [0.717, 1.165) is 11.3 Å². The van der Waals surface area contributed by atoms with E-state index in [0.29, 0.717) is 12.4 Å². The van der Waals surface area contributed by atoms with Crippen LogP contribution >= 0.6 is 0 Å². The molecule has 0 unspecified atom stereocenters. The Morgan fingerprint density at radius 3 is 2.87 bits per heavy atom. The van der Waals surface area contributed by atoms with Gasteiger partial charge in [0.2, 0.25) is 0 Å². The van der Waals surface area contributed by atoms with Gasteiger partial charge >= 0.3 is 0 Å². The third kappa shape index (κ3) is 2.46. The molecule has 0 aromatic carbocycles. The zero-order valence-corrected chi connectivity index (χ0v) is 8.42. The quantitative estimate of drug-likeness (QED) is 0.809. The lowest BCUT2D eigenvalue weighted by Gasteiger charge is -2.02. The minimum absolute atomic E-state index is 0.471. The van der Waals surface area contributed by atoms with Crippen molar-refractivity contribution < 1.29 is 4.74 Å². The smallest absolute Gasteiger partial charge is 0.157 e. The summed E-state index contributed by atoms with van der Waals surface area (Å²) >= 11 is 0. The van der Waals surface area contributed by atoms with Gasteiger partial charge in [0, 0.05) is 18.8 Å². The fraction of sp³-hybridized carbons (Fsp3) is 0.200. The van der Waals surface area contributed by atoms with Gasteiger partial charge in [-0.25, -0.2) is 4.98 Å². The summed E-state index contributed by atoms with van der Waals surface area (Å²) in [5.41, 5.74) is 6.45. The maximum atomic E-state index is 5.49. The highest BCUT2D eigenvalue weighted by Crippen LogP contribution is 2.10. The monoisotopic (exact) mass is 204 g/mol. The van der Waals surface area contributed by atoms with Crippen LogP contribution in [0, 0.1) is 0 Å². The summed E-state index contributed by atoms with van der Waals surface area (Å²) in [6, 6.07) is 3.64. The van der Waals surface area contributed by atoms with E-state index in [1.165, 1.54) is 0 Å². The number of hydrogen-bond donors (Lipinski definition) is 1. The molecule has 2 N–H and O–H groups in total. The second-order valence-electron chi connectivity index (χ2n) is 3.23. The molecule has 2 heterocycles. The molecule has 0 fully saturated rings. The van der Waals surface area contributed by atoms with Crippen LogP contribution in [-0.2, 0) is 13.7 Å². The van der Waals surface area contributed by atoms with E-state index in [2.05, 4.69) is 10.1 Å². The zero-order chi connectivity index (χ0) is 10.7. The van der Waals surface area contributed by atoms with E-state index < -0.39 is 0 Å². The molecule has 0 radical (unpaired) electrons. The van der Waals surface area contributed by atoms with Crippen molar-refractivity contribution in [1.82, 2.24) is 14.8 Å². The van der Waals surface area contributed by atoms with Crippen LogP contribution in [0.5, 0.6) is 5.75 Å². The van der Waals surface area contributed by atoms with Gasteiger partial charge in [-0.15, -0.1) is 0 Å². The predicted octanol–water partition coefficient (Wildman–Crippen LogP) is 0.976. The largest absolute Gasteiger partial charge is 0.486 e. The second-order valence-corrected chi connectivity index (χ2v) is 3.23. The van der Waals surface area contributed by atoms with Crippen LogP contribution in [-0.4, -0.2) is 14.8 Å². The molecule has 0 atom stereocenters. The zero-order valence-electron chi connectivity index (χ0n) is 8.42. The van der Waals surface area contributed by atoms with Crippen LogP contribution in [0.3, 0.4) is 0 Å². The Hall–Kier alpha value is -2.04. The summed E-state index contributed by atoms with van der Waals surface area (Å²) in [5, 5.41) is 4.00. The molecule has 78 valence electrons. The third-order valence-corrected chi connectivity index (χ3v) is 1.93. The van der Waals surface area contributed by atoms with Crippen molar-refractivity contribution in [3.63, 3.8) is 0 Å². The number of rotatable bonds is 3. The van der Waals surface area contributed by atoms with Crippen LogP contribution in [0.15, 0.2) is 30.7 Å². The highest BCUT2D eigenvalue weighted by Gasteiger charge is 1.98.